The van der Waals surface area contributed by atoms with Crippen LogP contribution in [0.2, 0.25) is 0 Å². The summed E-state index contributed by atoms with van der Waals surface area (Å²) in [6.07, 6.45) is 0.806. The molecule has 0 unspecified atom stereocenters. The van der Waals surface area contributed by atoms with Crippen LogP contribution in [0.5, 0.6) is 0 Å². The van der Waals surface area contributed by atoms with Gasteiger partial charge in [0.2, 0.25) is 5.91 Å². The number of aryl methyl sites for hydroxylation is 2. The van der Waals surface area contributed by atoms with E-state index in [4.69, 9.17) is 0 Å². The predicted octanol–water partition coefficient (Wildman–Crippen LogP) is 3.10. The maximum absolute atomic E-state index is 12.6. The molecule has 1 aliphatic rings. The van der Waals surface area contributed by atoms with Gasteiger partial charge in [-0.3, -0.25) is 9.59 Å². The summed E-state index contributed by atoms with van der Waals surface area (Å²) in [7, 11) is 0. The van der Waals surface area contributed by atoms with Crippen LogP contribution in [0.4, 0.5) is 0 Å². The zero-order chi connectivity index (χ0) is 19.0. The Kier molecular flexibility index (Phi) is 4.44. The number of nitrogens with zero attached hydrogens (tertiary/aromatic N) is 1. The van der Waals surface area contributed by atoms with Crippen molar-refractivity contribution < 1.29 is 9.59 Å². The van der Waals surface area contributed by atoms with Gasteiger partial charge in [0.15, 0.2) is 0 Å². The standard InChI is InChI=1S/C22H23N3O2/c1-14-9-15(2)11-16(10-14)22(27)23-12-21(26)25-8-7-20-18(13-25)17-5-3-4-6-19(17)24-20/h3-6,9-11,24H,7-8,12-13H2,1-2H3,(H,23,27). The molecule has 5 heteroatoms. The third-order valence-electron chi connectivity index (χ3n) is 5.12. The van der Waals surface area contributed by atoms with Crippen LogP contribution in [-0.4, -0.2) is 34.8 Å². The number of carbonyl (C=O) groups is 2. The first kappa shape index (κ1) is 17.3. The number of benzene rings is 2. The Morgan fingerprint density at radius 1 is 1.11 bits per heavy atom. The summed E-state index contributed by atoms with van der Waals surface area (Å²) in [5, 5.41) is 3.94. The molecule has 3 aromatic rings. The molecule has 0 spiro atoms. The van der Waals surface area contributed by atoms with Crippen molar-refractivity contribution in [3.63, 3.8) is 0 Å². The number of rotatable bonds is 3. The molecule has 2 amide bonds. The molecule has 2 aromatic carbocycles. The minimum absolute atomic E-state index is 0.0174. The van der Waals surface area contributed by atoms with Crippen molar-refractivity contribution in [2.75, 3.05) is 13.1 Å². The fraction of sp³-hybridized carbons (Fsp3) is 0.273. The Balaban J connectivity index is 1.42. The first-order valence-electron chi connectivity index (χ1n) is 9.24. The molecule has 0 radical (unpaired) electrons. The van der Waals surface area contributed by atoms with Crippen LogP contribution >= 0.6 is 0 Å². The summed E-state index contributed by atoms with van der Waals surface area (Å²) in [5.74, 6) is -0.261. The first-order chi connectivity index (χ1) is 13.0. The molecule has 0 bridgehead atoms. The number of H-pyrrole nitrogens is 1. The van der Waals surface area contributed by atoms with Crippen molar-refractivity contribution in [1.29, 1.82) is 0 Å². The van der Waals surface area contributed by atoms with Crippen LogP contribution in [-0.2, 0) is 17.8 Å². The van der Waals surface area contributed by atoms with Gasteiger partial charge in [0, 0.05) is 47.2 Å². The lowest BCUT2D eigenvalue weighted by Crippen LogP contribution is -2.42. The van der Waals surface area contributed by atoms with Crippen molar-refractivity contribution in [2.24, 2.45) is 0 Å². The molecular weight excluding hydrogens is 338 g/mol. The zero-order valence-corrected chi connectivity index (χ0v) is 15.6. The highest BCUT2D eigenvalue weighted by Gasteiger charge is 2.24. The summed E-state index contributed by atoms with van der Waals surface area (Å²) < 4.78 is 0. The van der Waals surface area contributed by atoms with Gasteiger partial charge in [0.25, 0.3) is 5.91 Å². The van der Waals surface area contributed by atoms with E-state index in [1.54, 1.807) is 0 Å². The van der Waals surface area contributed by atoms with Crippen LogP contribution in [0, 0.1) is 13.8 Å². The van der Waals surface area contributed by atoms with Crippen molar-refractivity contribution in [3.8, 4) is 0 Å². The lowest BCUT2D eigenvalue weighted by Gasteiger charge is -2.27. The number of aromatic amines is 1. The topological polar surface area (TPSA) is 65.2 Å². The molecule has 5 nitrogen and oxygen atoms in total. The molecule has 27 heavy (non-hydrogen) atoms. The number of hydrogen-bond acceptors (Lipinski definition) is 2. The molecule has 0 fully saturated rings. The SMILES string of the molecule is Cc1cc(C)cc(C(=O)NCC(=O)N2CCc3[nH]c4ccccc4c3C2)c1. The van der Waals surface area contributed by atoms with Crippen LogP contribution in [0.1, 0.15) is 32.7 Å². The second-order valence-electron chi connectivity index (χ2n) is 7.25. The van der Waals surface area contributed by atoms with E-state index in [0.29, 0.717) is 18.7 Å². The largest absolute Gasteiger partial charge is 0.358 e. The minimum Gasteiger partial charge on any atom is -0.358 e. The van der Waals surface area contributed by atoms with Crippen molar-refractivity contribution in [3.05, 3.63) is 70.4 Å². The molecule has 0 saturated heterocycles. The second-order valence-corrected chi connectivity index (χ2v) is 7.25. The normalized spacial score (nSPS) is 13.5. The quantitative estimate of drug-likeness (QED) is 0.753. The van der Waals surface area contributed by atoms with E-state index < -0.39 is 0 Å². The zero-order valence-electron chi connectivity index (χ0n) is 15.6. The fourth-order valence-corrected chi connectivity index (χ4v) is 3.85. The highest BCUT2D eigenvalue weighted by Crippen LogP contribution is 2.27. The minimum atomic E-state index is -0.208. The van der Waals surface area contributed by atoms with Gasteiger partial charge in [0.1, 0.15) is 0 Å². The first-order valence-corrected chi connectivity index (χ1v) is 9.24. The second kappa shape index (κ2) is 6.91. The number of nitrogens with one attached hydrogen (secondary N) is 2. The highest BCUT2D eigenvalue weighted by atomic mass is 16.2. The number of para-hydroxylation sites is 1. The number of aromatic nitrogens is 1. The Morgan fingerprint density at radius 3 is 2.63 bits per heavy atom. The lowest BCUT2D eigenvalue weighted by atomic mass is 10.0. The Morgan fingerprint density at radius 2 is 1.85 bits per heavy atom. The maximum Gasteiger partial charge on any atom is 0.251 e. The van der Waals surface area contributed by atoms with Crippen LogP contribution in [0.15, 0.2) is 42.5 Å². The fourth-order valence-electron chi connectivity index (χ4n) is 3.85. The Labute approximate surface area is 158 Å². The molecule has 2 heterocycles. The van der Waals surface area contributed by atoms with Gasteiger partial charge in [-0.25, -0.2) is 0 Å². The van der Waals surface area contributed by atoms with E-state index in [2.05, 4.69) is 22.4 Å². The molecule has 4 rings (SSSR count). The number of amides is 2. The van der Waals surface area contributed by atoms with E-state index >= 15 is 0 Å². The third-order valence-corrected chi connectivity index (χ3v) is 5.12. The summed E-state index contributed by atoms with van der Waals surface area (Å²) in [6.45, 7) is 5.18. The van der Waals surface area contributed by atoms with E-state index in [1.165, 1.54) is 16.6 Å². The summed E-state index contributed by atoms with van der Waals surface area (Å²) in [4.78, 5) is 30.3. The van der Waals surface area contributed by atoms with Crippen LogP contribution < -0.4 is 5.32 Å². The molecule has 138 valence electrons. The Hall–Kier alpha value is -3.08. The third kappa shape index (κ3) is 3.45. The molecule has 1 aliphatic heterocycles. The maximum atomic E-state index is 12.6. The number of hydrogen-bond donors (Lipinski definition) is 2. The lowest BCUT2D eigenvalue weighted by molar-refractivity contribution is -0.131. The van der Waals surface area contributed by atoms with Gasteiger partial charge >= 0.3 is 0 Å². The van der Waals surface area contributed by atoms with Gasteiger partial charge in [-0.2, -0.15) is 0 Å². The molecule has 0 saturated carbocycles. The van der Waals surface area contributed by atoms with Gasteiger partial charge < -0.3 is 15.2 Å². The van der Waals surface area contributed by atoms with E-state index in [-0.39, 0.29) is 18.4 Å². The van der Waals surface area contributed by atoms with Gasteiger partial charge in [0.05, 0.1) is 6.54 Å². The molecule has 2 N–H and O–H groups in total. The average Bonchev–Trinajstić information content (AvgIpc) is 3.03. The number of carbonyl (C=O) groups excluding carboxylic acids is 2. The Bertz CT molecular complexity index is 1010. The van der Waals surface area contributed by atoms with Crippen LogP contribution in [0.25, 0.3) is 10.9 Å². The van der Waals surface area contributed by atoms with Crippen LogP contribution in [0.3, 0.4) is 0 Å². The number of fused-ring (bicyclic) bond motifs is 3. The van der Waals surface area contributed by atoms with E-state index in [0.717, 1.165) is 23.1 Å². The van der Waals surface area contributed by atoms with Crippen molar-refractivity contribution in [1.82, 2.24) is 15.2 Å². The van der Waals surface area contributed by atoms with Crippen molar-refractivity contribution in [2.45, 2.75) is 26.8 Å². The summed E-state index contributed by atoms with van der Waals surface area (Å²) in [5.41, 5.74) is 6.17. The van der Waals surface area contributed by atoms with Crippen molar-refractivity contribution >= 4 is 22.7 Å². The van der Waals surface area contributed by atoms with E-state index in [1.807, 2.05) is 49.1 Å². The monoisotopic (exact) mass is 361 g/mol. The molecule has 0 atom stereocenters. The molecule has 1 aromatic heterocycles. The summed E-state index contributed by atoms with van der Waals surface area (Å²) >= 11 is 0. The van der Waals surface area contributed by atoms with Gasteiger partial charge in [-0.05, 0) is 32.0 Å². The van der Waals surface area contributed by atoms with Gasteiger partial charge in [-0.15, -0.1) is 0 Å². The smallest absolute Gasteiger partial charge is 0.251 e. The predicted molar refractivity (Wildman–Crippen MR) is 106 cm³/mol. The average molecular weight is 361 g/mol. The molecular formula is C22H23N3O2. The van der Waals surface area contributed by atoms with E-state index in [9.17, 15) is 9.59 Å². The summed E-state index contributed by atoms with van der Waals surface area (Å²) in [6, 6.07) is 13.9. The highest BCUT2D eigenvalue weighted by molar-refractivity contribution is 5.97. The molecule has 0 aliphatic carbocycles. The van der Waals surface area contributed by atoms with Gasteiger partial charge in [-0.1, -0.05) is 35.4 Å².